The van der Waals surface area contributed by atoms with E-state index in [-0.39, 0.29) is 53.9 Å². The summed E-state index contributed by atoms with van der Waals surface area (Å²) in [5.41, 5.74) is 7.09. The summed E-state index contributed by atoms with van der Waals surface area (Å²) >= 11 is 2.52. The number of carbonyl (C=O) groups excluding carboxylic acids is 3. The Morgan fingerprint density at radius 1 is 0.811 bits per heavy atom. The van der Waals surface area contributed by atoms with Gasteiger partial charge in [-0.05, 0) is 30.3 Å². The van der Waals surface area contributed by atoms with Gasteiger partial charge in [-0.1, -0.05) is 11.8 Å². The highest BCUT2D eigenvalue weighted by Gasteiger charge is 2.41. The summed E-state index contributed by atoms with van der Waals surface area (Å²) < 4.78 is 40.2. The monoisotopic (exact) mass is 753 g/mol. The number of hydrazine groups is 1. The number of allylic oxidation sites excluding steroid dienone is 1. The number of ether oxygens (including phenoxy) is 4. The number of amides is 3. The molecule has 1 atom stereocenters. The summed E-state index contributed by atoms with van der Waals surface area (Å²) in [6.07, 6.45) is 5.26. The highest BCUT2D eigenvalue weighted by molar-refractivity contribution is 8.04. The molecule has 0 aliphatic carbocycles. The number of fused-ring (bicyclic) bond motifs is 4. The van der Waals surface area contributed by atoms with Gasteiger partial charge in [0.05, 0.1) is 58.3 Å². The topological polar surface area (TPSA) is 181 Å². The minimum absolute atomic E-state index is 0.105. The first-order valence-electron chi connectivity index (χ1n) is 16.2. The van der Waals surface area contributed by atoms with Crippen molar-refractivity contribution in [1.82, 2.24) is 20.4 Å². The summed E-state index contributed by atoms with van der Waals surface area (Å²) in [7, 11) is 0. The zero-order chi connectivity index (χ0) is 35.8. The van der Waals surface area contributed by atoms with Crippen molar-refractivity contribution in [3.63, 3.8) is 0 Å². The van der Waals surface area contributed by atoms with Gasteiger partial charge in [-0.2, -0.15) is 0 Å². The molecular formula is C34H24FN9O7S2. The molecule has 6 aliphatic rings. The van der Waals surface area contributed by atoms with Crippen LogP contribution in [0.25, 0.3) is 5.57 Å². The number of aromatic nitrogens is 3. The predicted molar refractivity (Wildman–Crippen MR) is 191 cm³/mol. The van der Waals surface area contributed by atoms with Gasteiger partial charge < -0.3 is 39.8 Å². The van der Waals surface area contributed by atoms with Gasteiger partial charge >= 0.3 is 0 Å². The lowest BCUT2D eigenvalue weighted by Gasteiger charge is -2.36. The standard InChI is InChI=1S/C34H24FN9O7S2/c35-17-7-25-20(38-28(45)12-51-25)8-22(17)44-42-31-16(18-1-2-24-32(40-18)41-29(46)13-50-24)6-23(19-9-26-27(11-36-19)49-4-3-48-26)43(34(31)53-44)15-5-21-33(37-10-15)52-14-30(47)39-21/h1-2,5-11,23,42H,3-4,12-14H2,(H,38,45)(H,39,47)(H,40,41,46). The van der Waals surface area contributed by atoms with E-state index >= 15 is 4.39 Å². The molecule has 10 rings (SSSR count). The normalized spacial score (nSPS) is 19.6. The number of thioether (sulfide) groups is 1. The zero-order valence-corrected chi connectivity index (χ0v) is 28.7. The number of carbonyl (C=O) groups is 3. The van der Waals surface area contributed by atoms with E-state index in [4.69, 9.17) is 33.9 Å². The Labute approximate surface area is 307 Å². The molecule has 16 nitrogen and oxygen atoms in total. The van der Waals surface area contributed by atoms with Crippen molar-refractivity contribution < 1.29 is 37.7 Å². The quantitative estimate of drug-likeness (QED) is 0.220. The van der Waals surface area contributed by atoms with E-state index in [1.54, 1.807) is 30.6 Å². The molecule has 0 saturated carbocycles. The average molecular weight is 754 g/mol. The number of rotatable bonds is 4. The predicted octanol–water partition coefficient (Wildman–Crippen LogP) is 3.97. The van der Waals surface area contributed by atoms with Crippen LogP contribution in [0, 0.1) is 5.82 Å². The first-order valence-corrected chi connectivity index (χ1v) is 18.0. The number of benzene rings is 1. The van der Waals surface area contributed by atoms with E-state index in [2.05, 4.69) is 21.4 Å². The number of nitrogens with one attached hydrogen (secondary N) is 4. The Bertz CT molecular complexity index is 2380. The maximum atomic E-state index is 15.9. The van der Waals surface area contributed by atoms with Gasteiger partial charge in [-0.25, -0.2) is 18.8 Å². The minimum atomic E-state index is -0.648. The molecule has 0 saturated heterocycles. The van der Waals surface area contributed by atoms with Crippen molar-refractivity contribution in [2.24, 2.45) is 0 Å². The van der Waals surface area contributed by atoms with Crippen LogP contribution in [-0.2, 0) is 14.4 Å². The number of anilines is 5. The van der Waals surface area contributed by atoms with E-state index in [0.717, 1.165) is 0 Å². The van der Waals surface area contributed by atoms with Gasteiger partial charge in [-0.15, -0.1) is 0 Å². The maximum absolute atomic E-state index is 15.9. The van der Waals surface area contributed by atoms with Crippen LogP contribution in [0.15, 0.2) is 70.6 Å². The second-order valence-corrected chi connectivity index (χ2v) is 14.1. The molecule has 6 aliphatic heterocycles. The Morgan fingerprint density at radius 2 is 1.62 bits per heavy atom. The third kappa shape index (κ3) is 5.46. The summed E-state index contributed by atoms with van der Waals surface area (Å²) in [5.74, 6) is 0.709. The molecule has 4 aromatic rings. The molecular weight excluding hydrogens is 730 g/mol. The number of hydrogen-bond donors (Lipinski definition) is 4. The van der Waals surface area contributed by atoms with Gasteiger partial charge in [0.15, 0.2) is 42.1 Å². The Kier molecular flexibility index (Phi) is 7.25. The van der Waals surface area contributed by atoms with Crippen molar-refractivity contribution in [1.29, 1.82) is 0 Å². The maximum Gasteiger partial charge on any atom is 0.263 e. The largest absolute Gasteiger partial charge is 0.486 e. The summed E-state index contributed by atoms with van der Waals surface area (Å²) in [6, 6.07) is 9.20. The molecule has 4 N–H and O–H groups in total. The third-order valence-electron chi connectivity index (χ3n) is 8.83. The molecule has 3 aromatic heterocycles. The lowest BCUT2D eigenvalue weighted by atomic mass is 9.97. The summed E-state index contributed by atoms with van der Waals surface area (Å²) in [4.78, 5) is 53.1. The average Bonchev–Trinajstić information content (AvgIpc) is 3.61. The van der Waals surface area contributed by atoms with Gasteiger partial charge in [0, 0.05) is 29.7 Å². The first kappa shape index (κ1) is 31.5. The molecule has 19 heteroatoms. The fourth-order valence-corrected chi connectivity index (χ4v) is 8.32. The molecule has 266 valence electrons. The van der Waals surface area contributed by atoms with Crippen LogP contribution in [0.1, 0.15) is 17.4 Å². The van der Waals surface area contributed by atoms with E-state index in [9.17, 15) is 14.4 Å². The second-order valence-electron chi connectivity index (χ2n) is 12.2. The molecule has 0 spiro atoms. The molecule has 0 radical (unpaired) electrons. The van der Waals surface area contributed by atoms with Crippen molar-refractivity contribution in [3.8, 4) is 23.0 Å². The van der Waals surface area contributed by atoms with Crippen LogP contribution >= 0.6 is 23.7 Å². The fraction of sp³-hybridized carbons (Fsp3) is 0.176. The highest BCUT2D eigenvalue weighted by atomic mass is 32.2. The molecule has 0 fully saturated rings. The van der Waals surface area contributed by atoms with E-state index in [1.807, 2.05) is 17.0 Å². The molecule has 53 heavy (non-hydrogen) atoms. The number of nitrogens with zero attached hydrogens (tertiary/aromatic N) is 5. The Hall–Kier alpha value is -6.21. The van der Waals surface area contributed by atoms with Crippen molar-refractivity contribution in [2.75, 3.05) is 57.4 Å². The Balaban J connectivity index is 1.14. The van der Waals surface area contributed by atoms with Crippen molar-refractivity contribution in [2.45, 2.75) is 11.1 Å². The number of pyridine rings is 3. The number of hydrogen-bond acceptors (Lipinski definition) is 15. The van der Waals surface area contributed by atoms with Gasteiger partial charge in [0.25, 0.3) is 11.8 Å². The summed E-state index contributed by atoms with van der Waals surface area (Å²) in [6.45, 7) is 0.417. The van der Waals surface area contributed by atoms with Crippen molar-refractivity contribution >= 4 is 75.6 Å². The molecule has 9 heterocycles. The fourth-order valence-electron chi connectivity index (χ4n) is 6.49. The van der Waals surface area contributed by atoms with Crippen molar-refractivity contribution in [3.05, 3.63) is 82.8 Å². The van der Waals surface area contributed by atoms with E-state index < -0.39 is 11.9 Å². The lowest BCUT2D eigenvalue weighted by molar-refractivity contribution is -0.119. The highest BCUT2D eigenvalue weighted by Crippen LogP contribution is 2.52. The van der Waals surface area contributed by atoms with Crippen LogP contribution in [0.3, 0.4) is 0 Å². The zero-order valence-electron chi connectivity index (χ0n) is 27.1. The van der Waals surface area contributed by atoms with Crippen LogP contribution in [0.2, 0.25) is 0 Å². The molecule has 0 bridgehead atoms. The van der Waals surface area contributed by atoms with E-state index in [0.29, 0.717) is 80.2 Å². The third-order valence-corrected chi connectivity index (χ3v) is 10.9. The smallest absolute Gasteiger partial charge is 0.263 e. The van der Waals surface area contributed by atoms with Crippen LogP contribution < -0.4 is 49.6 Å². The van der Waals surface area contributed by atoms with Crippen LogP contribution in [0.4, 0.5) is 33.0 Å². The summed E-state index contributed by atoms with van der Waals surface area (Å²) in [5, 5.41) is 9.70. The van der Waals surface area contributed by atoms with Crippen LogP contribution in [0.5, 0.6) is 23.0 Å². The van der Waals surface area contributed by atoms with Gasteiger partial charge in [-0.3, -0.25) is 24.8 Å². The Morgan fingerprint density at radius 3 is 2.51 bits per heavy atom. The molecule has 1 aromatic carbocycles. The minimum Gasteiger partial charge on any atom is -0.486 e. The van der Waals surface area contributed by atoms with Gasteiger partial charge in [0.2, 0.25) is 5.91 Å². The lowest BCUT2D eigenvalue weighted by Crippen LogP contribution is -2.32. The van der Waals surface area contributed by atoms with Crippen LogP contribution in [-0.4, -0.2) is 64.9 Å². The second kappa shape index (κ2) is 12.2. The van der Waals surface area contributed by atoms with E-state index in [1.165, 1.54) is 40.3 Å². The SMILES string of the molecule is O=C1COc2cc(F)c(N3NC4=C(S3)N(c3cnc5c(c3)NC(=O)CS5)C(c3cc5c(cn3)OCCO5)C=C4c3ccc4c(n3)NC(=O)CO4)cc2N1. The van der Waals surface area contributed by atoms with Gasteiger partial charge in [0.1, 0.15) is 34.7 Å². The first-order chi connectivity index (χ1) is 25.8. The number of halogens is 1. The molecule has 1 unspecified atom stereocenters. The molecule has 3 amide bonds.